The second kappa shape index (κ2) is 9.02. The van der Waals surface area contributed by atoms with E-state index in [-0.39, 0.29) is 17.7 Å². The molecule has 210 valence electrons. The number of alkyl halides is 3. The first-order chi connectivity index (χ1) is 18.9. The molecule has 1 amide bonds. The monoisotopic (exact) mass is 552 g/mol. The number of benzene rings is 2. The van der Waals surface area contributed by atoms with Crippen LogP contribution in [-0.4, -0.2) is 69.8 Å². The first-order valence-corrected chi connectivity index (χ1v) is 13.5. The van der Waals surface area contributed by atoms with Crippen LogP contribution in [0.1, 0.15) is 42.0 Å². The number of nitrogens with zero attached hydrogens (tertiary/aromatic N) is 2. The predicted octanol–water partition coefficient (Wildman–Crippen LogP) is 3.88. The number of carbonyl (C=O) groups is 1. The van der Waals surface area contributed by atoms with Gasteiger partial charge in [-0.05, 0) is 67.6 Å². The smallest absolute Gasteiger partial charge is 0.416 e. The quantitative estimate of drug-likeness (QED) is 0.447. The van der Waals surface area contributed by atoms with Crippen LogP contribution >= 0.6 is 0 Å². The summed E-state index contributed by atoms with van der Waals surface area (Å²) in [5.41, 5.74) is -0.565. The molecule has 0 radical (unpaired) electrons. The summed E-state index contributed by atoms with van der Waals surface area (Å²) in [6, 6.07) is 7.26. The Hall–Kier alpha value is -3.48. The van der Waals surface area contributed by atoms with Gasteiger partial charge >= 0.3 is 6.18 Å². The van der Waals surface area contributed by atoms with Gasteiger partial charge in [0.05, 0.1) is 22.6 Å². The molecule has 1 saturated carbocycles. The van der Waals surface area contributed by atoms with Crippen LogP contribution < -0.4 is 4.74 Å². The Kier molecular flexibility index (Phi) is 6.02. The normalized spacial score (nSPS) is 31.9. The molecule has 40 heavy (non-hydrogen) atoms. The molecule has 2 heterocycles. The molecule has 4 aliphatic rings. The van der Waals surface area contributed by atoms with Gasteiger partial charge in [0, 0.05) is 36.7 Å². The third-order valence-electron chi connectivity index (χ3n) is 9.55. The van der Waals surface area contributed by atoms with Crippen molar-refractivity contribution in [2.24, 2.45) is 5.92 Å². The number of ether oxygens (including phenoxy) is 1. The Bertz CT molecular complexity index is 1450. The summed E-state index contributed by atoms with van der Waals surface area (Å²) in [7, 11) is 1.65. The van der Waals surface area contributed by atoms with Crippen molar-refractivity contribution in [3.05, 3.63) is 71.3 Å². The van der Waals surface area contributed by atoms with E-state index >= 15 is 0 Å². The standard InChI is InChI=1S/C31H31F3N2O4/c1-4-14-36-15-13-29-25-20-8-11-22(37)27(25)40-28(29)26(18(2)17-30(29,39)23(36)16-20)35(3)24(38)12-7-19-5-9-21(10-6-19)31(32,33)34/h4-6,8-11,18,23,26,28,37,39H,1,13-17H2,2-3H3/t18-,23+,26+,28-,29-,30+/m0/s1. The van der Waals surface area contributed by atoms with Gasteiger partial charge in [0.1, 0.15) is 6.10 Å². The summed E-state index contributed by atoms with van der Waals surface area (Å²) in [6.45, 7) is 7.24. The number of phenolic OH excluding ortho intramolecular Hbond substituents is 1. The largest absolute Gasteiger partial charge is 0.504 e. The third kappa shape index (κ3) is 3.62. The number of likely N-dealkylation sites (tertiary alicyclic amines) is 1. The number of hydrogen-bond acceptors (Lipinski definition) is 5. The van der Waals surface area contributed by atoms with E-state index < -0.39 is 40.8 Å². The Labute approximate surface area is 231 Å². The molecule has 6 nitrogen and oxygen atoms in total. The van der Waals surface area contributed by atoms with Crippen molar-refractivity contribution in [3.63, 3.8) is 0 Å². The average Bonchev–Trinajstić information content (AvgIpc) is 3.24. The minimum atomic E-state index is -4.45. The van der Waals surface area contributed by atoms with Crippen molar-refractivity contribution in [1.29, 1.82) is 0 Å². The zero-order valence-electron chi connectivity index (χ0n) is 22.3. The lowest BCUT2D eigenvalue weighted by Gasteiger charge is -2.65. The molecule has 0 aromatic heterocycles. The van der Waals surface area contributed by atoms with Crippen LogP contribution in [0.4, 0.5) is 13.2 Å². The number of piperidine rings is 1. The minimum Gasteiger partial charge on any atom is -0.504 e. The number of hydrogen-bond donors (Lipinski definition) is 2. The summed E-state index contributed by atoms with van der Waals surface area (Å²) in [6.07, 6.45) is -1.58. The minimum absolute atomic E-state index is 0.0133. The number of phenols is 1. The number of likely N-dealkylation sites (N-methyl/N-ethyl adjacent to an activating group) is 1. The molecule has 0 unspecified atom stereocenters. The molecule has 2 bridgehead atoms. The summed E-state index contributed by atoms with van der Waals surface area (Å²) in [4.78, 5) is 17.1. The van der Waals surface area contributed by atoms with E-state index in [0.717, 1.165) is 23.3 Å². The second-order valence-electron chi connectivity index (χ2n) is 11.5. The van der Waals surface area contributed by atoms with Crippen molar-refractivity contribution in [2.45, 2.75) is 61.6 Å². The van der Waals surface area contributed by atoms with Gasteiger partial charge < -0.3 is 19.8 Å². The summed E-state index contributed by atoms with van der Waals surface area (Å²) in [5, 5.41) is 23.4. The van der Waals surface area contributed by atoms with Gasteiger partial charge in [-0.25, -0.2) is 0 Å². The average molecular weight is 553 g/mol. The van der Waals surface area contributed by atoms with E-state index in [9.17, 15) is 28.2 Å². The van der Waals surface area contributed by atoms with Crippen molar-refractivity contribution < 1.29 is 32.9 Å². The molecule has 2 aliphatic carbocycles. The van der Waals surface area contributed by atoms with E-state index in [1.807, 2.05) is 19.1 Å². The van der Waals surface area contributed by atoms with Crippen LogP contribution in [0.15, 0.2) is 49.1 Å². The van der Waals surface area contributed by atoms with Crippen LogP contribution in [0.25, 0.3) is 0 Å². The predicted molar refractivity (Wildman–Crippen MR) is 142 cm³/mol. The summed E-state index contributed by atoms with van der Waals surface area (Å²) in [5.74, 6) is 4.99. The van der Waals surface area contributed by atoms with Gasteiger partial charge in [0.25, 0.3) is 5.91 Å². The van der Waals surface area contributed by atoms with E-state index in [1.54, 1.807) is 13.1 Å². The maximum atomic E-state index is 13.4. The van der Waals surface area contributed by atoms with Crippen LogP contribution in [0.5, 0.6) is 11.5 Å². The first kappa shape index (κ1) is 26.7. The maximum absolute atomic E-state index is 13.4. The van der Waals surface area contributed by atoms with Crippen LogP contribution in [0, 0.1) is 17.8 Å². The fraction of sp³-hybridized carbons (Fsp3) is 0.452. The van der Waals surface area contributed by atoms with Crippen LogP contribution in [-0.2, 0) is 22.8 Å². The first-order valence-electron chi connectivity index (χ1n) is 13.5. The van der Waals surface area contributed by atoms with Crippen molar-refractivity contribution in [3.8, 4) is 23.3 Å². The molecule has 2 aliphatic heterocycles. The highest BCUT2D eigenvalue weighted by Gasteiger charge is 2.74. The highest BCUT2D eigenvalue weighted by Crippen LogP contribution is 2.66. The molecule has 2 aromatic rings. The highest BCUT2D eigenvalue weighted by atomic mass is 19.4. The van der Waals surface area contributed by atoms with Gasteiger partial charge in [0.15, 0.2) is 11.5 Å². The Morgan fingerprint density at radius 2 is 2.00 bits per heavy atom. The van der Waals surface area contributed by atoms with Crippen LogP contribution in [0.3, 0.4) is 0 Å². The van der Waals surface area contributed by atoms with Gasteiger partial charge in [-0.15, -0.1) is 6.58 Å². The van der Waals surface area contributed by atoms with Crippen molar-refractivity contribution in [2.75, 3.05) is 20.1 Å². The fourth-order valence-corrected chi connectivity index (χ4v) is 7.94. The molecule has 6 atom stereocenters. The van der Waals surface area contributed by atoms with E-state index in [0.29, 0.717) is 43.7 Å². The van der Waals surface area contributed by atoms with Gasteiger partial charge in [-0.1, -0.05) is 25.0 Å². The van der Waals surface area contributed by atoms with Crippen molar-refractivity contribution in [1.82, 2.24) is 9.80 Å². The molecule has 2 aromatic carbocycles. The number of carbonyl (C=O) groups excluding carboxylic acids is 1. The molecule has 2 fully saturated rings. The number of rotatable bonds is 3. The Balaban J connectivity index is 1.36. The number of aliphatic hydroxyl groups is 1. The molecule has 1 saturated heterocycles. The molecule has 6 rings (SSSR count). The zero-order valence-corrected chi connectivity index (χ0v) is 22.3. The number of halogens is 3. The van der Waals surface area contributed by atoms with Crippen molar-refractivity contribution >= 4 is 5.91 Å². The van der Waals surface area contributed by atoms with E-state index in [4.69, 9.17) is 4.74 Å². The molecule has 9 heteroatoms. The van der Waals surface area contributed by atoms with E-state index in [1.165, 1.54) is 17.0 Å². The molecule has 1 spiro atoms. The SMILES string of the molecule is C=CCN1CC[C@]23c4c5ccc(O)c4O[C@H]2[C@H](N(C)C(=O)C#Cc2ccc(C(F)(F)F)cc2)[C@@H](C)C[C@@]3(O)[C@H]1C5. The number of aromatic hydroxyl groups is 1. The lowest BCUT2D eigenvalue weighted by molar-refractivity contribution is -0.210. The fourth-order valence-electron chi connectivity index (χ4n) is 7.94. The summed E-state index contributed by atoms with van der Waals surface area (Å²) < 4.78 is 45.2. The maximum Gasteiger partial charge on any atom is 0.416 e. The van der Waals surface area contributed by atoms with E-state index in [2.05, 4.69) is 23.3 Å². The molecular weight excluding hydrogens is 521 g/mol. The second-order valence-corrected chi connectivity index (χ2v) is 11.5. The number of amides is 1. The van der Waals surface area contributed by atoms with Gasteiger partial charge in [0.2, 0.25) is 0 Å². The van der Waals surface area contributed by atoms with Gasteiger partial charge in [-0.2, -0.15) is 13.2 Å². The lowest BCUT2D eigenvalue weighted by atomic mass is 9.46. The molecular formula is C31H31F3N2O4. The third-order valence-corrected chi connectivity index (χ3v) is 9.55. The van der Waals surface area contributed by atoms with Crippen LogP contribution in [0.2, 0.25) is 0 Å². The Morgan fingerprint density at radius 1 is 1.27 bits per heavy atom. The van der Waals surface area contributed by atoms with Gasteiger partial charge in [-0.3, -0.25) is 9.69 Å². The molecule has 2 N–H and O–H groups in total. The highest BCUT2D eigenvalue weighted by molar-refractivity contribution is 5.94. The lowest BCUT2D eigenvalue weighted by Crippen LogP contribution is -2.79. The summed E-state index contributed by atoms with van der Waals surface area (Å²) >= 11 is 0. The zero-order chi connectivity index (χ0) is 28.6. The topological polar surface area (TPSA) is 73.2 Å². The Morgan fingerprint density at radius 3 is 2.67 bits per heavy atom.